The van der Waals surface area contributed by atoms with Crippen LogP contribution in [0.5, 0.6) is 5.75 Å². The lowest BCUT2D eigenvalue weighted by Crippen LogP contribution is -2.38. The second-order valence-electron chi connectivity index (χ2n) is 6.97. The molecular formula is C23H23NO4S. The van der Waals surface area contributed by atoms with Crippen LogP contribution >= 0.6 is 0 Å². The molecule has 6 heteroatoms. The van der Waals surface area contributed by atoms with Gasteiger partial charge in [-0.05, 0) is 23.3 Å². The molecule has 29 heavy (non-hydrogen) atoms. The fourth-order valence-corrected chi connectivity index (χ4v) is 4.93. The van der Waals surface area contributed by atoms with E-state index in [2.05, 4.69) is 0 Å². The zero-order valence-corrected chi connectivity index (χ0v) is 16.8. The summed E-state index contributed by atoms with van der Waals surface area (Å²) in [6, 6.07) is 26.2. The van der Waals surface area contributed by atoms with E-state index in [0.717, 1.165) is 11.1 Å². The van der Waals surface area contributed by atoms with Gasteiger partial charge in [0.1, 0.15) is 16.7 Å². The predicted molar refractivity (Wildman–Crippen MR) is 111 cm³/mol. The van der Waals surface area contributed by atoms with Crippen LogP contribution in [0.15, 0.2) is 89.8 Å². The molecule has 4 rings (SSSR count). The molecule has 3 aromatic rings. The van der Waals surface area contributed by atoms with Crippen molar-refractivity contribution in [1.82, 2.24) is 4.31 Å². The van der Waals surface area contributed by atoms with Crippen molar-refractivity contribution in [1.29, 1.82) is 0 Å². The average Bonchev–Trinajstić information content (AvgIpc) is 2.84. The molecule has 0 amide bonds. The largest absolute Gasteiger partial charge is 0.485 e. The van der Waals surface area contributed by atoms with E-state index in [1.54, 1.807) is 24.3 Å². The van der Waals surface area contributed by atoms with E-state index in [0.29, 0.717) is 19.0 Å². The van der Waals surface area contributed by atoms with Gasteiger partial charge in [0, 0.05) is 6.54 Å². The minimum absolute atomic E-state index is 0.196. The van der Waals surface area contributed by atoms with Gasteiger partial charge in [-0.25, -0.2) is 8.42 Å². The van der Waals surface area contributed by atoms with Gasteiger partial charge in [-0.2, -0.15) is 4.31 Å². The van der Waals surface area contributed by atoms with Crippen LogP contribution in [0.3, 0.4) is 0 Å². The molecule has 1 aliphatic heterocycles. The summed E-state index contributed by atoms with van der Waals surface area (Å²) in [5, 5.41) is 0. The van der Waals surface area contributed by atoms with Crippen molar-refractivity contribution in [3.63, 3.8) is 0 Å². The Balaban J connectivity index is 1.55. The van der Waals surface area contributed by atoms with E-state index in [4.69, 9.17) is 9.47 Å². The zero-order valence-electron chi connectivity index (χ0n) is 16.0. The highest BCUT2D eigenvalue weighted by Gasteiger charge is 2.34. The summed E-state index contributed by atoms with van der Waals surface area (Å²) in [5.41, 5.74) is 2.00. The Hall–Kier alpha value is -2.67. The van der Waals surface area contributed by atoms with Crippen molar-refractivity contribution in [2.75, 3.05) is 13.2 Å². The van der Waals surface area contributed by atoms with E-state index in [-0.39, 0.29) is 18.0 Å². The topological polar surface area (TPSA) is 55.8 Å². The third-order valence-corrected chi connectivity index (χ3v) is 6.64. The first-order valence-electron chi connectivity index (χ1n) is 9.54. The highest BCUT2D eigenvalue weighted by Crippen LogP contribution is 2.31. The first kappa shape index (κ1) is 19.6. The summed E-state index contributed by atoms with van der Waals surface area (Å²) in [6.07, 6.45) is -0.402. The van der Waals surface area contributed by atoms with Gasteiger partial charge in [0.2, 0.25) is 10.0 Å². The van der Waals surface area contributed by atoms with Crippen molar-refractivity contribution < 1.29 is 17.9 Å². The normalized spacial score (nSPS) is 18.4. The van der Waals surface area contributed by atoms with Gasteiger partial charge in [0.15, 0.2) is 0 Å². The molecule has 0 saturated carbocycles. The number of hydrogen-bond donors (Lipinski definition) is 0. The number of hydrogen-bond acceptors (Lipinski definition) is 4. The molecular weight excluding hydrogens is 386 g/mol. The molecule has 0 spiro atoms. The lowest BCUT2D eigenvalue weighted by atomic mass is 10.2. The molecule has 0 aliphatic carbocycles. The number of fused-ring (bicyclic) bond motifs is 1. The van der Waals surface area contributed by atoms with Crippen molar-refractivity contribution >= 4 is 10.0 Å². The summed E-state index contributed by atoms with van der Waals surface area (Å²) >= 11 is 0. The number of sulfonamides is 1. The quantitative estimate of drug-likeness (QED) is 0.620. The second-order valence-corrected chi connectivity index (χ2v) is 8.88. The van der Waals surface area contributed by atoms with Crippen LogP contribution in [0, 0.1) is 0 Å². The average molecular weight is 410 g/mol. The molecule has 1 heterocycles. The van der Waals surface area contributed by atoms with Crippen molar-refractivity contribution in [2.45, 2.75) is 24.2 Å². The first-order valence-corrected chi connectivity index (χ1v) is 11.0. The van der Waals surface area contributed by atoms with Crippen LogP contribution in [0.1, 0.15) is 11.1 Å². The molecule has 3 aromatic carbocycles. The number of rotatable bonds is 6. The van der Waals surface area contributed by atoms with Gasteiger partial charge in [-0.1, -0.05) is 72.8 Å². The first-order chi connectivity index (χ1) is 14.1. The third-order valence-electron chi connectivity index (χ3n) is 4.78. The highest BCUT2D eigenvalue weighted by atomic mass is 32.2. The lowest BCUT2D eigenvalue weighted by molar-refractivity contribution is 0.0336. The number of benzene rings is 3. The van der Waals surface area contributed by atoms with Gasteiger partial charge in [-0.15, -0.1) is 0 Å². The monoisotopic (exact) mass is 409 g/mol. The minimum Gasteiger partial charge on any atom is -0.485 e. The molecule has 1 unspecified atom stereocenters. The van der Waals surface area contributed by atoms with Crippen molar-refractivity contribution in [2.24, 2.45) is 0 Å². The summed E-state index contributed by atoms with van der Waals surface area (Å²) in [5.74, 6) is 0.372. The van der Waals surface area contributed by atoms with Gasteiger partial charge in [0.25, 0.3) is 0 Å². The molecule has 1 aliphatic rings. The molecule has 5 nitrogen and oxygen atoms in total. The predicted octanol–water partition coefficient (Wildman–Crippen LogP) is 3.86. The van der Waals surface area contributed by atoms with E-state index >= 15 is 0 Å². The Kier molecular flexibility index (Phi) is 5.94. The number of ether oxygens (including phenoxy) is 2. The number of nitrogens with zero attached hydrogens (tertiary/aromatic N) is 1. The van der Waals surface area contributed by atoms with E-state index in [1.807, 2.05) is 60.7 Å². The Morgan fingerprint density at radius 1 is 0.862 bits per heavy atom. The van der Waals surface area contributed by atoms with E-state index < -0.39 is 16.1 Å². The zero-order chi connectivity index (χ0) is 20.1. The van der Waals surface area contributed by atoms with Crippen LogP contribution < -0.4 is 4.74 Å². The molecule has 150 valence electrons. The van der Waals surface area contributed by atoms with Crippen LogP contribution in [0.2, 0.25) is 0 Å². The van der Waals surface area contributed by atoms with Gasteiger partial charge < -0.3 is 9.47 Å². The maximum atomic E-state index is 13.3. The second kappa shape index (κ2) is 8.78. The Morgan fingerprint density at radius 2 is 1.48 bits per heavy atom. The highest BCUT2D eigenvalue weighted by molar-refractivity contribution is 7.89. The Morgan fingerprint density at radius 3 is 2.21 bits per heavy atom. The molecule has 0 saturated heterocycles. The van der Waals surface area contributed by atoms with Gasteiger partial charge in [-0.3, -0.25) is 0 Å². The molecule has 0 aromatic heterocycles. The molecule has 0 radical (unpaired) electrons. The maximum absolute atomic E-state index is 13.3. The van der Waals surface area contributed by atoms with Crippen LogP contribution in [0.4, 0.5) is 0 Å². The maximum Gasteiger partial charge on any atom is 0.247 e. The fourth-order valence-electron chi connectivity index (χ4n) is 3.35. The van der Waals surface area contributed by atoms with Gasteiger partial charge >= 0.3 is 0 Å². The van der Waals surface area contributed by atoms with Crippen LogP contribution in [-0.2, 0) is 27.9 Å². The van der Waals surface area contributed by atoms with Gasteiger partial charge in [0.05, 0.1) is 19.8 Å². The summed E-state index contributed by atoms with van der Waals surface area (Å²) in [6.45, 7) is 1.26. The molecule has 0 bridgehead atoms. The Labute approximate surface area is 171 Å². The van der Waals surface area contributed by atoms with E-state index in [1.165, 1.54) is 4.31 Å². The summed E-state index contributed by atoms with van der Waals surface area (Å²) < 4.78 is 39.9. The lowest BCUT2D eigenvalue weighted by Gasteiger charge is -2.23. The SMILES string of the molecule is O=S1(=O)c2ccccc2OC(COCc2ccccc2)CN1Cc1ccccc1. The molecule has 0 N–H and O–H groups in total. The number of para-hydroxylation sites is 1. The van der Waals surface area contributed by atoms with Crippen molar-refractivity contribution in [3.05, 3.63) is 96.1 Å². The molecule has 1 atom stereocenters. The van der Waals surface area contributed by atoms with Crippen LogP contribution in [-0.4, -0.2) is 32.0 Å². The van der Waals surface area contributed by atoms with E-state index in [9.17, 15) is 8.42 Å². The smallest absolute Gasteiger partial charge is 0.247 e. The third kappa shape index (κ3) is 4.67. The molecule has 0 fully saturated rings. The summed E-state index contributed by atoms with van der Waals surface area (Å²) in [7, 11) is -3.67. The fraction of sp³-hybridized carbons (Fsp3) is 0.217. The Bertz CT molecular complexity index is 1040. The van der Waals surface area contributed by atoms with Crippen LogP contribution in [0.25, 0.3) is 0 Å². The summed E-state index contributed by atoms with van der Waals surface area (Å²) in [4.78, 5) is 0.196. The minimum atomic E-state index is -3.67. The standard InChI is InChI=1S/C23H23NO4S/c25-29(26)23-14-8-7-13-22(23)28-21(18-27-17-20-11-5-2-6-12-20)16-24(29)15-19-9-3-1-4-10-19/h1-14,21H,15-18H2. The van der Waals surface area contributed by atoms with Crippen molar-refractivity contribution in [3.8, 4) is 5.75 Å².